The summed E-state index contributed by atoms with van der Waals surface area (Å²) in [4.78, 5) is 0. The summed E-state index contributed by atoms with van der Waals surface area (Å²) >= 11 is 0. The lowest BCUT2D eigenvalue weighted by molar-refractivity contribution is -0.0814. The van der Waals surface area contributed by atoms with E-state index in [9.17, 15) is 5.11 Å². The molecule has 2 aliphatic carbocycles. The number of hydrogen-bond donors (Lipinski definition) is 2. The molecule has 14 heavy (non-hydrogen) atoms. The summed E-state index contributed by atoms with van der Waals surface area (Å²) in [5.74, 6) is 0.771. The molecule has 2 atom stereocenters. The van der Waals surface area contributed by atoms with Crippen molar-refractivity contribution in [2.45, 2.75) is 69.4 Å². The summed E-state index contributed by atoms with van der Waals surface area (Å²) in [5.41, 5.74) is 5.49. The van der Waals surface area contributed by atoms with Gasteiger partial charge in [0.2, 0.25) is 0 Å². The molecule has 3 N–H and O–H groups in total. The first-order chi connectivity index (χ1) is 6.56. The molecule has 2 saturated carbocycles. The van der Waals surface area contributed by atoms with Crippen LogP contribution in [0.4, 0.5) is 0 Å². The summed E-state index contributed by atoms with van der Waals surface area (Å²) in [6.07, 6.45) is 8.66. The van der Waals surface area contributed by atoms with Gasteiger partial charge in [-0.05, 0) is 44.4 Å². The smallest absolute Gasteiger partial charge is 0.0826 e. The fourth-order valence-electron chi connectivity index (χ4n) is 3.02. The highest BCUT2D eigenvalue weighted by Crippen LogP contribution is 2.45. The van der Waals surface area contributed by atoms with E-state index in [2.05, 4.69) is 6.92 Å². The summed E-state index contributed by atoms with van der Waals surface area (Å²) in [6, 6.07) is 0. The van der Waals surface area contributed by atoms with Gasteiger partial charge < -0.3 is 10.8 Å². The van der Waals surface area contributed by atoms with Gasteiger partial charge in [0.1, 0.15) is 0 Å². The van der Waals surface area contributed by atoms with Crippen molar-refractivity contribution in [3.8, 4) is 0 Å². The van der Waals surface area contributed by atoms with Crippen molar-refractivity contribution in [3.63, 3.8) is 0 Å². The van der Waals surface area contributed by atoms with E-state index in [4.69, 9.17) is 5.73 Å². The quantitative estimate of drug-likeness (QED) is 0.633. The first-order valence-corrected chi connectivity index (χ1v) is 6.07. The van der Waals surface area contributed by atoms with Crippen LogP contribution in [-0.4, -0.2) is 16.2 Å². The molecule has 2 unspecified atom stereocenters. The third-order valence-electron chi connectivity index (χ3n) is 4.51. The zero-order chi connectivity index (χ0) is 10.2. The van der Waals surface area contributed by atoms with Crippen LogP contribution >= 0.6 is 0 Å². The monoisotopic (exact) mass is 197 g/mol. The highest BCUT2D eigenvalue weighted by molar-refractivity contribution is 5.09. The molecule has 2 rings (SSSR count). The average molecular weight is 197 g/mol. The lowest BCUT2D eigenvalue weighted by atomic mass is 9.63. The highest BCUT2D eigenvalue weighted by Gasteiger charge is 2.50. The van der Waals surface area contributed by atoms with E-state index in [1.807, 2.05) is 0 Å². The lowest BCUT2D eigenvalue weighted by Crippen LogP contribution is -2.64. The Morgan fingerprint density at radius 2 is 1.79 bits per heavy atom. The SMILES string of the molecule is CC1CCCC(O)(C2(N)CCC2)CC1. The van der Waals surface area contributed by atoms with E-state index in [0.29, 0.717) is 0 Å². The Hall–Kier alpha value is -0.0800. The molecular formula is C12H23NO. The lowest BCUT2D eigenvalue weighted by Gasteiger charge is -2.50. The topological polar surface area (TPSA) is 46.2 Å². The van der Waals surface area contributed by atoms with Gasteiger partial charge in [-0.2, -0.15) is 0 Å². The maximum atomic E-state index is 10.6. The molecule has 0 aromatic carbocycles. The Labute approximate surface area is 86.9 Å². The molecule has 0 bridgehead atoms. The number of rotatable bonds is 1. The molecule has 0 aromatic rings. The van der Waals surface area contributed by atoms with Crippen LogP contribution in [0.2, 0.25) is 0 Å². The molecule has 0 spiro atoms. The van der Waals surface area contributed by atoms with Gasteiger partial charge in [-0.15, -0.1) is 0 Å². The minimum atomic E-state index is -0.546. The molecule has 0 heterocycles. The molecule has 2 aliphatic rings. The molecule has 2 nitrogen and oxygen atoms in total. The van der Waals surface area contributed by atoms with Gasteiger partial charge in [0.05, 0.1) is 5.60 Å². The second-order valence-corrected chi connectivity index (χ2v) is 5.58. The van der Waals surface area contributed by atoms with Gasteiger partial charge in [-0.1, -0.05) is 19.8 Å². The van der Waals surface area contributed by atoms with E-state index >= 15 is 0 Å². The second kappa shape index (κ2) is 3.49. The Bertz CT molecular complexity index is 212. The average Bonchev–Trinajstić information content (AvgIpc) is 2.26. The molecule has 0 aromatic heterocycles. The maximum absolute atomic E-state index is 10.6. The number of hydrogen-bond acceptors (Lipinski definition) is 2. The van der Waals surface area contributed by atoms with Crippen molar-refractivity contribution in [2.75, 3.05) is 0 Å². The van der Waals surface area contributed by atoms with Crippen LogP contribution < -0.4 is 5.73 Å². The molecular weight excluding hydrogens is 174 g/mol. The summed E-state index contributed by atoms with van der Waals surface area (Å²) in [7, 11) is 0. The number of aliphatic hydroxyl groups is 1. The highest BCUT2D eigenvalue weighted by atomic mass is 16.3. The van der Waals surface area contributed by atoms with Crippen LogP contribution in [0.3, 0.4) is 0 Å². The molecule has 0 saturated heterocycles. The second-order valence-electron chi connectivity index (χ2n) is 5.58. The zero-order valence-corrected chi connectivity index (χ0v) is 9.26. The molecule has 0 radical (unpaired) electrons. The van der Waals surface area contributed by atoms with E-state index in [-0.39, 0.29) is 5.54 Å². The normalized spacial score (nSPS) is 42.6. The largest absolute Gasteiger partial charge is 0.388 e. The van der Waals surface area contributed by atoms with Crippen molar-refractivity contribution in [2.24, 2.45) is 11.7 Å². The van der Waals surface area contributed by atoms with Crippen molar-refractivity contribution in [1.29, 1.82) is 0 Å². The van der Waals surface area contributed by atoms with Crippen molar-refractivity contribution >= 4 is 0 Å². The standard InChI is InChI=1S/C12H23NO/c1-10-4-2-8-12(14,9-5-10)11(13)6-3-7-11/h10,14H,2-9,13H2,1H3. The van der Waals surface area contributed by atoms with Crippen LogP contribution in [0.25, 0.3) is 0 Å². The first kappa shape index (κ1) is 10.4. The third-order valence-corrected chi connectivity index (χ3v) is 4.51. The van der Waals surface area contributed by atoms with Crippen molar-refractivity contribution < 1.29 is 5.11 Å². The Kier molecular flexibility index (Phi) is 2.61. The predicted octanol–water partition coefficient (Wildman–Crippen LogP) is 2.20. The van der Waals surface area contributed by atoms with E-state index < -0.39 is 5.60 Å². The molecule has 82 valence electrons. The van der Waals surface area contributed by atoms with Gasteiger partial charge in [0.25, 0.3) is 0 Å². The first-order valence-electron chi connectivity index (χ1n) is 6.07. The molecule has 0 aliphatic heterocycles. The van der Waals surface area contributed by atoms with Crippen LogP contribution in [0.1, 0.15) is 58.3 Å². The third kappa shape index (κ3) is 1.59. The van der Waals surface area contributed by atoms with E-state index in [0.717, 1.165) is 44.4 Å². The van der Waals surface area contributed by atoms with E-state index in [1.165, 1.54) is 12.8 Å². The Morgan fingerprint density at radius 1 is 1.07 bits per heavy atom. The number of nitrogens with two attached hydrogens (primary N) is 1. The Morgan fingerprint density at radius 3 is 2.36 bits per heavy atom. The molecule has 0 amide bonds. The minimum absolute atomic E-state index is 0.239. The minimum Gasteiger partial charge on any atom is -0.388 e. The summed E-state index contributed by atoms with van der Waals surface area (Å²) < 4.78 is 0. The van der Waals surface area contributed by atoms with Gasteiger partial charge in [-0.25, -0.2) is 0 Å². The Balaban J connectivity index is 2.06. The zero-order valence-electron chi connectivity index (χ0n) is 9.26. The summed E-state index contributed by atoms with van der Waals surface area (Å²) in [5, 5.41) is 10.6. The van der Waals surface area contributed by atoms with Crippen LogP contribution in [0.5, 0.6) is 0 Å². The predicted molar refractivity (Wildman–Crippen MR) is 58.0 cm³/mol. The van der Waals surface area contributed by atoms with Gasteiger partial charge in [-0.3, -0.25) is 0 Å². The molecule has 2 fully saturated rings. The van der Waals surface area contributed by atoms with Crippen LogP contribution in [0.15, 0.2) is 0 Å². The van der Waals surface area contributed by atoms with Gasteiger partial charge in [0.15, 0.2) is 0 Å². The van der Waals surface area contributed by atoms with Crippen LogP contribution in [0, 0.1) is 5.92 Å². The van der Waals surface area contributed by atoms with Crippen molar-refractivity contribution in [1.82, 2.24) is 0 Å². The van der Waals surface area contributed by atoms with Crippen LogP contribution in [-0.2, 0) is 0 Å². The fraction of sp³-hybridized carbons (Fsp3) is 1.00. The maximum Gasteiger partial charge on any atom is 0.0826 e. The van der Waals surface area contributed by atoms with Gasteiger partial charge in [0, 0.05) is 5.54 Å². The fourth-order valence-corrected chi connectivity index (χ4v) is 3.02. The van der Waals surface area contributed by atoms with Crippen molar-refractivity contribution in [3.05, 3.63) is 0 Å². The van der Waals surface area contributed by atoms with Gasteiger partial charge >= 0.3 is 0 Å². The van der Waals surface area contributed by atoms with E-state index in [1.54, 1.807) is 0 Å². The molecule has 2 heteroatoms. The summed E-state index contributed by atoms with van der Waals surface area (Å²) in [6.45, 7) is 2.29.